The van der Waals surface area contributed by atoms with Crippen molar-refractivity contribution in [1.82, 2.24) is 5.32 Å². The van der Waals surface area contributed by atoms with Crippen LogP contribution in [-0.2, 0) is 0 Å². The average Bonchev–Trinajstić information content (AvgIpc) is 2.50. The van der Waals surface area contributed by atoms with Crippen LogP contribution in [0.1, 0.15) is 118 Å². The summed E-state index contributed by atoms with van der Waals surface area (Å²) < 4.78 is 0. The molecule has 0 aliphatic carbocycles. The lowest BCUT2D eigenvalue weighted by Gasteiger charge is -2.08. The standard InChI is InChI=1S/C21H43N.BrH/c1-5-6-7-8-9-10-11-12-13-14-15-16-17-18-19-22-21(4)20(2)3;/h22H,5-19H2,1-4H3;1H. The zero-order valence-corrected chi connectivity index (χ0v) is 18.2. The van der Waals surface area contributed by atoms with Crippen LogP contribution >= 0.6 is 17.0 Å². The maximum atomic E-state index is 3.51. The van der Waals surface area contributed by atoms with Crippen molar-refractivity contribution < 1.29 is 0 Å². The van der Waals surface area contributed by atoms with Gasteiger partial charge < -0.3 is 5.32 Å². The van der Waals surface area contributed by atoms with Gasteiger partial charge in [0, 0.05) is 12.2 Å². The van der Waals surface area contributed by atoms with Gasteiger partial charge in [-0.2, -0.15) is 0 Å². The monoisotopic (exact) mass is 389 g/mol. The van der Waals surface area contributed by atoms with Crippen LogP contribution in [0.15, 0.2) is 11.3 Å². The molecule has 0 fully saturated rings. The molecule has 0 rings (SSSR count). The lowest BCUT2D eigenvalue weighted by atomic mass is 10.0. The summed E-state index contributed by atoms with van der Waals surface area (Å²) in [4.78, 5) is 0. The Morgan fingerprint density at radius 1 is 0.565 bits per heavy atom. The van der Waals surface area contributed by atoms with E-state index in [9.17, 15) is 0 Å². The molecule has 0 radical (unpaired) electrons. The quantitative estimate of drug-likeness (QED) is 0.264. The molecule has 0 unspecified atom stereocenters. The van der Waals surface area contributed by atoms with Crippen LogP contribution in [0, 0.1) is 0 Å². The van der Waals surface area contributed by atoms with Gasteiger partial charge in [-0.15, -0.1) is 17.0 Å². The Balaban J connectivity index is 0. The van der Waals surface area contributed by atoms with Crippen molar-refractivity contribution in [2.75, 3.05) is 6.54 Å². The smallest absolute Gasteiger partial charge is 0.0143 e. The molecule has 1 N–H and O–H groups in total. The molecule has 0 aliphatic heterocycles. The predicted molar refractivity (Wildman–Crippen MR) is 113 cm³/mol. The molecule has 0 aromatic heterocycles. The summed E-state index contributed by atoms with van der Waals surface area (Å²) in [7, 11) is 0. The van der Waals surface area contributed by atoms with E-state index in [1.54, 1.807) is 0 Å². The summed E-state index contributed by atoms with van der Waals surface area (Å²) >= 11 is 0. The third kappa shape index (κ3) is 20.0. The Kier molecular flexibility index (Phi) is 22.0. The van der Waals surface area contributed by atoms with E-state index in [1.807, 2.05) is 0 Å². The molecule has 0 atom stereocenters. The molecular weight excluding hydrogens is 346 g/mol. The highest BCUT2D eigenvalue weighted by Gasteiger charge is 1.95. The van der Waals surface area contributed by atoms with Crippen LogP contribution < -0.4 is 5.32 Å². The van der Waals surface area contributed by atoms with E-state index in [4.69, 9.17) is 0 Å². The molecule has 0 bridgehead atoms. The fourth-order valence-corrected chi connectivity index (χ4v) is 2.77. The number of hydrogen-bond acceptors (Lipinski definition) is 1. The molecule has 1 nitrogen and oxygen atoms in total. The Morgan fingerprint density at radius 2 is 0.913 bits per heavy atom. The van der Waals surface area contributed by atoms with E-state index in [0.717, 1.165) is 6.54 Å². The zero-order chi connectivity index (χ0) is 16.5. The molecule has 140 valence electrons. The van der Waals surface area contributed by atoms with Gasteiger partial charge in [-0.1, -0.05) is 96.0 Å². The van der Waals surface area contributed by atoms with Gasteiger partial charge in [0.05, 0.1) is 0 Å². The summed E-state index contributed by atoms with van der Waals surface area (Å²) in [6.45, 7) is 9.97. The van der Waals surface area contributed by atoms with E-state index in [1.165, 1.54) is 101 Å². The van der Waals surface area contributed by atoms with Crippen molar-refractivity contribution in [2.45, 2.75) is 118 Å². The second kappa shape index (κ2) is 20.1. The first kappa shape index (κ1) is 25.3. The number of rotatable bonds is 16. The van der Waals surface area contributed by atoms with Gasteiger partial charge in [0.15, 0.2) is 0 Å². The Morgan fingerprint density at radius 3 is 1.26 bits per heavy atom. The van der Waals surface area contributed by atoms with Crippen LogP contribution in [0.4, 0.5) is 0 Å². The van der Waals surface area contributed by atoms with E-state index in [0.29, 0.717) is 0 Å². The largest absolute Gasteiger partial charge is 0.389 e. The Bertz CT molecular complexity index is 257. The summed E-state index contributed by atoms with van der Waals surface area (Å²) in [6.07, 6.45) is 20.1. The van der Waals surface area contributed by atoms with Crippen molar-refractivity contribution in [3.05, 3.63) is 11.3 Å². The van der Waals surface area contributed by atoms with Crippen LogP contribution in [0.2, 0.25) is 0 Å². The van der Waals surface area contributed by atoms with Gasteiger partial charge in [-0.05, 0) is 27.2 Å². The first-order valence-corrected chi connectivity index (χ1v) is 10.1. The lowest BCUT2D eigenvalue weighted by molar-refractivity contribution is 0.533. The fraction of sp³-hybridized carbons (Fsp3) is 0.905. The molecule has 0 saturated carbocycles. The third-order valence-electron chi connectivity index (χ3n) is 4.67. The summed E-state index contributed by atoms with van der Waals surface area (Å²) in [5.74, 6) is 0. The topological polar surface area (TPSA) is 12.0 Å². The van der Waals surface area contributed by atoms with Crippen LogP contribution in [0.3, 0.4) is 0 Å². The number of halogens is 1. The first-order valence-electron chi connectivity index (χ1n) is 10.1. The minimum atomic E-state index is 0. The van der Waals surface area contributed by atoms with Gasteiger partial charge >= 0.3 is 0 Å². The summed E-state index contributed by atoms with van der Waals surface area (Å²) in [6, 6.07) is 0. The normalized spacial score (nSPS) is 10.3. The number of nitrogens with one attached hydrogen (secondary N) is 1. The lowest BCUT2D eigenvalue weighted by Crippen LogP contribution is -2.13. The van der Waals surface area contributed by atoms with E-state index >= 15 is 0 Å². The molecule has 0 spiro atoms. The van der Waals surface area contributed by atoms with Gasteiger partial charge in [-0.25, -0.2) is 0 Å². The highest BCUT2D eigenvalue weighted by molar-refractivity contribution is 8.93. The van der Waals surface area contributed by atoms with Gasteiger partial charge in [-0.3, -0.25) is 0 Å². The summed E-state index contributed by atoms with van der Waals surface area (Å²) in [5.41, 5.74) is 2.76. The van der Waals surface area contributed by atoms with Crippen molar-refractivity contribution in [1.29, 1.82) is 0 Å². The number of hydrogen-bond donors (Lipinski definition) is 1. The summed E-state index contributed by atoms with van der Waals surface area (Å²) in [5, 5.41) is 3.51. The highest BCUT2D eigenvalue weighted by Crippen LogP contribution is 2.12. The minimum absolute atomic E-state index is 0. The number of allylic oxidation sites excluding steroid dienone is 2. The Labute approximate surface area is 157 Å². The van der Waals surface area contributed by atoms with E-state index < -0.39 is 0 Å². The van der Waals surface area contributed by atoms with Gasteiger partial charge in [0.1, 0.15) is 0 Å². The average molecular weight is 390 g/mol. The molecule has 0 heterocycles. The zero-order valence-electron chi connectivity index (χ0n) is 16.5. The van der Waals surface area contributed by atoms with Gasteiger partial charge in [0.2, 0.25) is 0 Å². The third-order valence-corrected chi connectivity index (χ3v) is 4.67. The maximum absolute atomic E-state index is 3.51. The van der Waals surface area contributed by atoms with Crippen LogP contribution in [0.5, 0.6) is 0 Å². The fourth-order valence-electron chi connectivity index (χ4n) is 2.77. The van der Waals surface area contributed by atoms with Crippen LogP contribution in [0.25, 0.3) is 0 Å². The first-order chi connectivity index (χ1) is 10.7. The predicted octanol–water partition coefficient (Wildman–Crippen LogP) is 7.95. The number of unbranched alkanes of at least 4 members (excludes halogenated alkanes) is 13. The van der Waals surface area contributed by atoms with Gasteiger partial charge in [0.25, 0.3) is 0 Å². The molecule has 23 heavy (non-hydrogen) atoms. The van der Waals surface area contributed by atoms with Crippen molar-refractivity contribution >= 4 is 17.0 Å². The van der Waals surface area contributed by atoms with Crippen LogP contribution in [-0.4, -0.2) is 6.54 Å². The molecule has 0 aromatic rings. The van der Waals surface area contributed by atoms with E-state index in [2.05, 4.69) is 33.0 Å². The molecule has 0 saturated heterocycles. The Hall–Kier alpha value is 0.0200. The van der Waals surface area contributed by atoms with Crippen molar-refractivity contribution in [3.8, 4) is 0 Å². The molecule has 0 aliphatic rings. The molecular formula is C21H44BrN. The highest BCUT2D eigenvalue weighted by atomic mass is 79.9. The minimum Gasteiger partial charge on any atom is -0.389 e. The molecule has 0 amide bonds. The van der Waals surface area contributed by atoms with Crippen molar-refractivity contribution in [3.63, 3.8) is 0 Å². The second-order valence-electron chi connectivity index (χ2n) is 7.15. The molecule has 2 heteroatoms. The maximum Gasteiger partial charge on any atom is 0.0143 e. The van der Waals surface area contributed by atoms with E-state index in [-0.39, 0.29) is 17.0 Å². The second-order valence-corrected chi connectivity index (χ2v) is 7.15. The molecule has 0 aromatic carbocycles. The van der Waals surface area contributed by atoms with Crippen molar-refractivity contribution in [2.24, 2.45) is 0 Å². The SMILES string of the molecule is Br.CCCCCCCCCCCCCCCCNC(C)=C(C)C.